The lowest BCUT2D eigenvalue weighted by Gasteiger charge is -2.13. The first-order chi connectivity index (χ1) is 9.10. The van der Waals surface area contributed by atoms with Crippen molar-refractivity contribution < 1.29 is 9.26 Å². The van der Waals surface area contributed by atoms with E-state index in [0.29, 0.717) is 22.5 Å². The molecule has 0 saturated heterocycles. The summed E-state index contributed by atoms with van der Waals surface area (Å²) >= 11 is 5.95. The fourth-order valence-electron chi connectivity index (χ4n) is 1.64. The van der Waals surface area contributed by atoms with Crippen LogP contribution in [0.25, 0.3) is 0 Å². The van der Waals surface area contributed by atoms with Crippen molar-refractivity contribution in [1.82, 2.24) is 10.1 Å². The predicted octanol–water partition coefficient (Wildman–Crippen LogP) is 2.88. The lowest BCUT2D eigenvalue weighted by molar-refractivity contribution is 0.240. The van der Waals surface area contributed by atoms with Gasteiger partial charge in [0.2, 0.25) is 0 Å². The number of nitrogens with two attached hydrogens (primary N) is 1. The van der Waals surface area contributed by atoms with Gasteiger partial charge in [0.25, 0.3) is 5.89 Å². The third-order valence-corrected chi connectivity index (χ3v) is 2.88. The summed E-state index contributed by atoms with van der Waals surface area (Å²) in [6.07, 6.45) is 0.732. The standard InChI is InChI=1S/C13H16ClN3O2/c1-3-12-16-13(19-17-12)7-18-11-5-4-9(14)6-10(11)8(2)15/h4-6,8H,3,7,15H2,1-2H3/t8-/m0/s1. The maximum atomic E-state index is 5.95. The molecule has 2 rings (SSSR count). The highest BCUT2D eigenvalue weighted by Crippen LogP contribution is 2.27. The number of aromatic nitrogens is 2. The summed E-state index contributed by atoms with van der Waals surface area (Å²) in [5.41, 5.74) is 6.74. The molecule has 102 valence electrons. The number of nitrogens with zero attached hydrogens (tertiary/aromatic N) is 2. The lowest BCUT2D eigenvalue weighted by Crippen LogP contribution is -2.08. The van der Waals surface area contributed by atoms with Crippen LogP contribution in [-0.4, -0.2) is 10.1 Å². The van der Waals surface area contributed by atoms with Crippen molar-refractivity contribution in [3.63, 3.8) is 0 Å². The summed E-state index contributed by atoms with van der Waals surface area (Å²) in [4.78, 5) is 4.18. The van der Waals surface area contributed by atoms with Crippen LogP contribution in [0, 0.1) is 0 Å². The van der Waals surface area contributed by atoms with E-state index in [-0.39, 0.29) is 12.6 Å². The summed E-state index contributed by atoms with van der Waals surface area (Å²) < 4.78 is 10.7. The van der Waals surface area contributed by atoms with Gasteiger partial charge in [0.15, 0.2) is 12.4 Å². The highest BCUT2D eigenvalue weighted by Gasteiger charge is 2.11. The number of halogens is 1. The predicted molar refractivity (Wildman–Crippen MR) is 72.1 cm³/mol. The van der Waals surface area contributed by atoms with Gasteiger partial charge >= 0.3 is 0 Å². The molecule has 6 heteroatoms. The molecule has 0 saturated carbocycles. The van der Waals surface area contributed by atoms with E-state index in [2.05, 4.69) is 10.1 Å². The Hall–Kier alpha value is -1.59. The van der Waals surface area contributed by atoms with E-state index in [9.17, 15) is 0 Å². The van der Waals surface area contributed by atoms with Gasteiger partial charge in [-0.05, 0) is 25.1 Å². The zero-order valence-electron chi connectivity index (χ0n) is 10.9. The number of aryl methyl sites for hydroxylation is 1. The molecule has 0 amide bonds. The van der Waals surface area contributed by atoms with Crippen LogP contribution in [0.1, 0.15) is 37.2 Å². The third-order valence-electron chi connectivity index (χ3n) is 2.64. The summed E-state index contributed by atoms with van der Waals surface area (Å²) in [6, 6.07) is 5.18. The van der Waals surface area contributed by atoms with Crippen molar-refractivity contribution in [2.24, 2.45) is 5.73 Å². The van der Waals surface area contributed by atoms with Crippen molar-refractivity contribution in [3.8, 4) is 5.75 Å². The van der Waals surface area contributed by atoms with Crippen molar-refractivity contribution in [3.05, 3.63) is 40.5 Å². The van der Waals surface area contributed by atoms with Crippen LogP contribution >= 0.6 is 11.6 Å². The maximum Gasteiger partial charge on any atom is 0.264 e. The fraction of sp³-hybridized carbons (Fsp3) is 0.385. The second kappa shape index (κ2) is 6.04. The van der Waals surface area contributed by atoms with Gasteiger partial charge in [-0.3, -0.25) is 0 Å². The van der Waals surface area contributed by atoms with Crippen LogP contribution in [0.5, 0.6) is 5.75 Å². The molecule has 1 atom stereocenters. The Kier molecular flexibility index (Phi) is 4.39. The van der Waals surface area contributed by atoms with Gasteiger partial charge in [0.1, 0.15) is 5.75 Å². The monoisotopic (exact) mass is 281 g/mol. The highest BCUT2D eigenvalue weighted by molar-refractivity contribution is 6.30. The summed E-state index contributed by atoms with van der Waals surface area (Å²) in [5.74, 6) is 1.79. The van der Waals surface area contributed by atoms with Crippen molar-refractivity contribution in [2.45, 2.75) is 32.9 Å². The first kappa shape index (κ1) is 13.8. The number of hydrogen-bond donors (Lipinski definition) is 1. The van der Waals surface area contributed by atoms with Gasteiger partial charge in [-0.2, -0.15) is 4.98 Å². The molecule has 1 aromatic carbocycles. The van der Waals surface area contributed by atoms with Crippen LogP contribution in [0.2, 0.25) is 5.02 Å². The van der Waals surface area contributed by atoms with E-state index < -0.39 is 0 Å². The van der Waals surface area contributed by atoms with Crippen LogP contribution in [0.3, 0.4) is 0 Å². The largest absolute Gasteiger partial charge is 0.483 e. The molecule has 1 heterocycles. The fourth-order valence-corrected chi connectivity index (χ4v) is 1.82. The number of ether oxygens (including phenoxy) is 1. The smallest absolute Gasteiger partial charge is 0.264 e. The van der Waals surface area contributed by atoms with Crippen molar-refractivity contribution in [2.75, 3.05) is 0 Å². The average Bonchev–Trinajstić information content (AvgIpc) is 2.85. The summed E-state index contributed by atoms with van der Waals surface area (Å²) in [6.45, 7) is 4.05. The SMILES string of the molecule is CCc1noc(COc2ccc(Cl)cc2[C@H](C)N)n1. The molecular formula is C13H16ClN3O2. The Morgan fingerprint density at radius 3 is 2.89 bits per heavy atom. The van der Waals surface area contributed by atoms with Gasteiger partial charge in [-0.25, -0.2) is 0 Å². The van der Waals surface area contributed by atoms with E-state index in [1.165, 1.54) is 0 Å². The third kappa shape index (κ3) is 3.45. The summed E-state index contributed by atoms with van der Waals surface area (Å²) in [7, 11) is 0. The van der Waals surface area contributed by atoms with Crippen molar-refractivity contribution in [1.29, 1.82) is 0 Å². The van der Waals surface area contributed by atoms with E-state index in [4.69, 9.17) is 26.6 Å². The molecule has 0 radical (unpaired) electrons. The van der Waals surface area contributed by atoms with Gasteiger partial charge < -0.3 is 15.0 Å². The van der Waals surface area contributed by atoms with Gasteiger partial charge in [0, 0.05) is 23.0 Å². The Balaban J connectivity index is 2.10. The molecule has 5 nitrogen and oxygen atoms in total. The second-order valence-corrected chi connectivity index (χ2v) is 4.65. The minimum Gasteiger partial charge on any atom is -0.483 e. The molecule has 0 aliphatic carbocycles. The number of hydrogen-bond acceptors (Lipinski definition) is 5. The molecule has 19 heavy (non-hydrogen) atoms. The molecule has 0 aliphatic rings. The average molecular weight is 282 g/mol. The Labute approximate surface area is 116 Å². The molecule has 1 aromatic heterocycles. The van der Waals surface area contributed by atoms with Gasteiger partial charge in [0.05, 0.1) is 0 Å². The second-order valence-electron chi connectivity index (χ2n) is 4.22. The van der Waals surface area contributed by atoms with E-state index >= 15 is 0 Å². The van der Waals surface area contributed by atoms with Crippen LogP contribution in [-0.2, 0) is 13.0 Å². The maximum absolute atomic E-state index is 5.95. The quantitative estimate of drug-likeness (QED) is 0.912. The molecule has 0 bridgehead atoms. The number of benzene rings is 1. The Morgan fingerprint density at radius 2 is 2.26 bits per heavy atom. The van der Waals surface area contributed by atoms with Crippen LogP contribution in [0.4, 0.5) is 0 Å². The highest BCUT2D eigenvalue weighted by atomic mass is 35.5. The molecule has 2 N–H and O–H groups in total. The molecular weight excluding hydrogens is 266 g/mol. The molecule has 2 aromatic rings. The minimum absolute atomic E-state index is 0.164. The van der Waals surface area contributed by atoms with E-state index in [0.717, 1.165) is 12.0 Å². The number of rotatable bonds is 5. The molecule has 0 unspecified atom stereocenters. The van der Waals surface area contributed by atoms with Gasteiger partial charge in [-0.1, -0.05) is 23.7 Å². The zero-order chi connectivity index (χ0) is 13.8. The first-order valence-electron chi connectivity index (χ1n) is 6.09. The zero-order valence-corrected chi connectivity index (χ0v) is 11.6. The molecule has 0 spiro atoms. The minimum atomic E-state index is -0.164. The van der Waals surface area contributed by atoms with Crippen molar-refractivity contribution >= 4 is 11.6 Å². The Morgan fingerprint density at radius 1 is 1.47 bits per heavy atom. The normalized spacial score (nSPS) is 12.4. The molecule has 0 fully saturated rings. The van der Waals surface area contributed by atoms with Crippen LogP contribution in [0.15, 0.2) is 22.7 Å². The van der Waals surface area contributed by atoms with E-state index in [1.807, 2.05) is 13.8 Å². The lowest BCUT2D eigenvalue weighted by atomic mass is 10.1. The topological polar surface area (TPSA) is 74.2 Å². The van der Waals surface area contributed by atoms with E-state index in [1.54, 1.807) is 18.2 Å². The van der Waals surface area contributed by atoms with Crippen LogP contribution < -0.4 is 10.5 Å². The first-order valence-corrected chi connectivity index (χ1v) is 6.47. The van der Waals surface area contributed by atoms with Gasteiger partial charge in [-0.15, -0.1) is 0 Å². The summed E-state index contributed by atoms with van der Waals surface area (Å²) in [5, 5.41) is 4.44. The Bertz CT molecular complexity index is 555. The molecule has 0 aliphatic heterocycles.